The third-order valence-corrected chi connectivity index (χ3v) is 3.43. The van der Waals surface area contributed by atoms with Gasteiger partial charge in [0.15, 0.2) is 0 Å². The van der Waals surface area contributed by atoms with Crippen LogP contribution in [0.25, 0.3) is 0 Å². The molecule has 2 rings (SSSR count). The molecule has 0 amide bonds. The van der Waals surface area contributed by atoms with Gasteiger partial charge in [-0.15, -0.1) is 0 Å². The molecule has 21 heavy (non-hydrogen) atoms. The van der Waals surface area contributed by atoms with Gasteiger partial charge in [-0.05, 0) is 43.9 Å². The number of hydrogen-bond donors (Lipinski definition) is 1. The Balaban J connectivity index is 2.18. The molecule has 0 bridgehead atoms. The molecule has 112 valence electrons. The van der Waals surface area contributed by atoms with Gasteiger partial charge in [0.2, 0.25) is 5.88 Å². The standard InChI is InChI=1S/C17H22N2O2/c1-12-8-9-14(18)6-4-5-7-15(12)21-16-10-11-17(20-3)19-13(16)2/h4-5,7,10-11,14H,1,6,8-9,18H2,2-3H3/b5-4-,15-7+/t14-/m0/s1. The monoisotopic (exact) mass is 286 g/mol. The number of rotatable bonds is 3. The summed E-state index contributed by atoms with van der Waals surface area (Å²) >= 11 is 0. The Kier molecular flexibility index (Phi) is 5.17. The minimum Gasteiger partial charge on any atom is -0.481 e. The van der Waals surface area contributed by atoms with E-state index in [-0.39, 0.29) is 6.04 Å². The molecule has 4 heteroatoms. The van der Waals surface area contributed by atoms with Gasteiger partial charge in [0.1, 0.15) is 11.5 Å². The average molecular weight is 286 g/mol. The molecule has 0 aromatic carbocycles. The second-order valence-electron chi connectivity index (χ2n) is 5.14. The van der Waals surface area contributed by atoms with E-state index in [9.17, 15) is 0 Å². The van der Waals surface area contributed by atoms with Gasteiger partial charge < -0.3 is 15.2 Å². The molecule has 0 saturated heterocycles. The van der Waals surface area contributed by atoms with Gasteiger partial charge in [-0.1, -0.05) is 18.7 Å². The van der Waals surface area contributed by atoms with Crippen LogP contribution in [-0.2, 0) is 0 Å². The number of nitrogens with zero attached hydrogens (tertiary/aromatic N) is 1. The number of allylic oxidation sites excluding steroid dienone is 3. The summed E-state index contributed by atoms with van der Waals surface area (Å²) in [6.45, 7) is 6.00. The van der Waals surface area contributed by atoms with Gasteiger partial charge in [-0.3, -0.25) is 0 Å². The van der Waals surface area contributed by atoms with Crippen molar-refractivity contribution in [3.63, 3.8) is 0 Å². The highest BCUT2D eigenvalue weighted by molar-refractivity contribution is 5.36. The van der Waals surface area contributed by atoms with Crippen LogP contribution >= 0.6 is 0 Å². The number of pyridine rings is 1. The van der Waals surface area contributed by atoms with Gasteiger partial charge in [0, 0.05) is 12.1 Å². The number of aryl methyl sites for hydroxylation is 1. The van der Waals surface area contributed by atoms with Crippen molar-refractivity contribution in [3.8, 4) is 11.6 Å². The minimum absolute atomic E-state index is 0.176. The molecule has 0 saturated carbocycles. The van der Waals surface area contributed by atoms with E-state index in [0.717, 1.165) is 36.3 Å². The second kappa shape index (κ2) is 7.09. The number of methoxy groups -OCH3 is 1. The third-order valence-electron chi connectivity index (χ3n) is 3.43. The first kappa shape index (κ1) is 15.3. The third kappa shape index (κ3) is 4.20. The number of ether oxygens (including phenoxy) is 2. The maximum atomic E-state index is 6.01. The highest BCUT2D eigenvalue weighted by Crippen LogP contribution is 2.26. The van der Waals surface area contributed by atoms with E-state index >= 15 is 0 Å². The van der Waals surface area contributed by atoms with E-state index in [0.29, 0.717) is 11.6 Å². The fourth-order valence-corrected chi connectivity index (χ4v) is 2.10. The molecule has 0 unspecified atom stereocenters. The van der Waals surface area contributed by atoms with E-state index in [2.05, 4.69) is 17.6 Å². The van der Waals surface area contributed by atoms with Crippen molar-refractivity contribution in [1.29, 1.82) is 0 Å². The maximum Gasteiger partial charge on any atom is 0.213 e. The Labute approximate surface area is 126 Å². The normalized spacial score (nSPS) is 23.3. The van der Waals surface area contributed by atoms with E-state index in [1.54, 1.807) is 13.2 Å². The summed E-state index contributed by atoms with van der Waals surface area (Å²) in [4.78, 5) is 4.31. The van der Waals surface area contributed by atoms with E-state index in [1.807, 2.05) is 25.1 Å². The van der Waals surface area contributed by atoms with Crippen LogP contribution in [0.2, 0.25) is 0 Å². The quantitative estimate of drug-likeness (QED) is 0.926. The molecule has 0 aliphatic heterocycles. The summed E-state index contributed by atoms with van der Waals surface area (Å²) in [7, 11) is 1.60. The van der Waals surface area contributed by atoms with Crippen molar-refractivity contribution >= 4 is 0 Å². The summed E-state index contributed by atoms with van der Waals surface area (Å²) in [6.07, 6.45) is 8.58. The lowest BCUT2D eigenvalue weighted by Gasteiger charge is -2.15. The fraction of sp³-hybridized carbons (Fsp3) is 0.353. The molecule has 4 nitrogen and oxygen atoms in total. The average Bonchev–Trinajstić information content (AvgIpc) is 2.55. The Hall–Kier alpha value is -2.07. The molecule has 1 aliphatic rings. The first-order valence-electron chi connectivity index (χ1n) is 7.10. The zero-order valence-electron chi connectivity index (χ0n) is 12.6. The van der Waals surface area contributed by atoms with Crippen molar-refractivity contribution in [2.75, 3.05) is 7.11 Å². The summed E-state index contributed by atoms with van der Waals surface area (Å²) in [5, 5.41) is 0. The van der Waals surface area contributed by atoms with Crippen LogP contribution in [0.4, 0.5) is 0 Å². The van der Waals surface area contributed by atoms with Crippen molar-refractivity contribution in [2.45, 2.75) is 32.2 Å². The van der Waals surface area contributed by atoms with Gasteiger partial charge in [-0.2, -0.15) is 0 Å². The Morgan fingerprint density at radius 2 is 2.19 bits per heavy atom. The Bertz CT molecular complexity index is 576. The summed E-state index contributed by atoms with van der Waals surface area (Å²) in [5.41, 5.74) is 7.74. The summed E-state index contributed by atoms with van der Waals surface area (Å²) in [6, 6.07) is 3.82. The van der Waals surface area contributed by atoms with Gasteiger partial charge in [0.05, 0.1) is 12.8 Å². The van der Waals surface area contributed by atoms with Crippen molar-refractivity contribution < 1.29 is 9.47 Å². The molecule has 1 atom stereocenters. The minimum atomic E-state index is 0.176. The SMILES string of the molecule is C=C1CC[C@@H](N)C/C=C\C=C/1Oc1ccc(OC)nc1C. The highest BCUT2D eigenvalue weighted by atomic mass is 16.5. The maximum absolute atomic E-state index is 6.01. The molecule has 1 heterocycles. The topological polar surface area (TPSA) is 57.4 Å². The lowest BCUT2D eigenvalue weighted by Crippen LogP contribution is -2.18. The van der Waals surface area contributed by atoms with Crippen molar-refractivity contribution in [2.24, 2.45) is 5.73 Å². The van der Waals surface area contributed by atoms with Crippen LogP contribution in [0.1, 0.15) is 25.0 Å². The predicted molar refractivity (Wildman–Crippen MR) is 84.3 cm³/mol. The largest absolute Gasteiger partial charge is 0.481 e. The van der Waals surface area contributed by atoms with E-state index in [4.69, 9.17) is 15.2 Å². The van der Waals surface area contributed by atoms with Crippen molar-refractivity contribution in [3.05, 3.63) is 54.0 Å². The smallest absolute Gasteiger partial charge is 0.213 e. The van der Waals surface area contributed by atoms with E-state index in [1.165, 1.54) is 0 Å². The van der Waals surface area contributed by atoms with Gasteiger partial charge >= 0.3 is 0 Å². The van der Waals surface area contributed by atoms with Crippen LogP contribution in [0.3, 0.4) is 0 Å². The van der Waals surface area contributed by atoms with Crippen LogP contribution in [0.5, 0.6) is 11.6 Å². The number of hydrogen-bond acceptors (Lipinski definition) is 4. The van der Waals surface area contributed by atoms with Crippen LogP contribution in [-0.4, -0.2) is 18.1 Å². The predicted octanol–water partition coefficient (Wildman–Crippen LogP) is 3.28. The molecule has 1 aromatic heterocycles. The van der Waals surface area contributed by atoms with Gasteiger partial charge in [-0.25, -0.2) is 4.98 Å². The first-order valence-corrected chi connectivity index (χ1v) is 7.10. The zero-order chi connectivity index (χ0) is 15.2. The zero-order valence-corrected chi connectivity index (χ0v) is 12.6. The molecule has 2 N–H and O–H groups in total. The molecule has 1 aromatic rings. The molecule has 0 radical (unpaired) electrons. The fourth-order valence-electron chi connectivity index (χ4n) is 2.10. The summed E-state index contributed by atoms with van der Waals surface area (Å²) in [5.74, 6) is 2.04. The van der Waals surface area contributed by atoms with E-state index < -0.39 is 0 Å². The van der Waals surface area contributed by atoms with Crippen LogP contribution < -0.4 is 15.2 Å². The Morgan fingerprint density at radius 1 is 1.38 bits per heavy atom. The number of aromatic nitrogens is 1. The second-order valence-corrected chi connectivity index (χ2v) is 5.14. The molecular weight excluding hydrogens is 264 g/mol. The number of nitrogens with two attached hydrogens (primary N) is 1. The lowest BCUT2D eigenvalue weighted by atomic mass is 10.0. The van der Waals surface area contributed by atoms with Crippen LogP contribution in [0.15, 0.2) is 48.3 Å². The molecule has 0 spiro atoms. The summed E-state index contributed by atoms with van der Waals surface area (Å²) < 4.78 is 11.1. The van der Waals surface area contributed by atoms with Crippen molar-refractivity contribution in [1.82, 2.24) is 4.98 Å². The lowest BCUT2D eigenvalue weighted by molar-refractivity contribution is 0.388. The van der Waals surface area contributed by atoms with Gasteiger partial charge in [0.25, 0.3) is 0 Å². The highest BCUT2D eigenvalue weighted by Gasteiger charge is 2.12. The first-order chi connectivity index (χ1) is 10.1. The Morgan fingerprint density at radius 3 is 2.90 bits per heavy atom. The molecule has 0 fully saturated rings. The van der Waals surface area contributed by atoms with Crippen LogP contribution in [0, 0.1) is 6.92 Å². The molecule has 1 aliphatic carbocycles. The molecular formula is C17H22N2O2.